The van der Waals surface area contributed by atoms with E-state index in [9.17, 15) is 15.0 Å². The summed E-state index contributed by atoms with van der Waals surface area (Å²) in [6.45, 7) is 0. The van der Waals surface area contributed by atoms with E-state index in [1.807, 2.05) is 0 Å². The minimum atomic E-state index is -1.23. The minimum Gasteiger partial charge on any atom is -0.508 e. The van der Waals surface area contributed by atoms with Crippen LogP contribution < -0.4 is 0 Å². The average molecular weight is 297 g/mol. The molecule has 7 heteroatoms. The number of phenols is 2. The van der Waals surface area contributed by atoms with Gasteiger partial charge in [0.15, 0.2) is 0 Å². The smallest absolute Gasteiger partial charge is 0.339 e. The van der Waals surface area contributed by atoms with Crippen LogP contribution in [0.2, 0.25) is 0 Å². The molecule has 3 aromatic rings. The zero-order chi connectivity index (χ0) is 15.7. The quantitative estimate of drug-likeness (QED) is 0.682. The molecule has 7 nitrogen and oxygen atoms in total. The third-order valence-corrected chi connectivity index (χ3v) is 3.11. The zero-order valence-electron chi connectivity index (χ0n) is 11.2. The first-order chi connectivity index (χ1) is 10.5. The molecule has 110 valence electrons. The Bertz CT molecular complexity index is 857. The van der Waals surface area contributed by atoms with Crippen molar-refractivity contribution in [1.29, 1.82) is 0 Å². The number of aromatic hydroxyl groups is 2. The summed E-state index contributed by atoms with van der Waals surface area (Å²) in [7, 11) is 0. The molecule has 22 heavy (non-hydrogen) atoms. The molecule has 2 aromatic carbocycles. The lowest BCUT2D eigenvalue weighted by Crippen LogP contribution is -2.01. The van der Waals surface area contributed by atoms with E-state index in [1.165, 1.54) is 22.9 Å². The molecule has 3 rings (SSSR count). The van der Waals surface area contributed by atoms with Gasteiger partial charge in [-0.25, -0.2) is 9.48 Å². The number of carboxylic acids is 1. The Kier molecular flexibility index (Phi) is 3.23. The largest absolute Gasteiger partial charge is 0.508 e. The normalized spacial score (nSPS) is 10.5. The van der Waals surface area contributed by atoms with Crippen molar-refractivity contribution >= 4 is 5.97 Å². The minimum absolute atomic E-state index is 0.116. The number of phenolic OH excluding ortho intramolecular Hbond substituents is 1. The second-order valence-electron chi connectivity index (χ2n) is 4.61. The number of aromatic nitrogens is 3. The van der Waals surface area contributed by atoms with Crippen LogP contribution in [0.1, 0.15) is 10.4 Å². The first-order valence-corrected chi connectivity index (χ1v) is 6.33. The summed E-state index contributed by atoms with van der Waals surface area (Å²) in [4.78, 5) is 11.0. The summed E-state index contributed by atoms with van der Waals surface area (Å²) in [5.41, 5.74) is 1.45. The molecule has 0 saturated heterocycles. The van der Waals surface area contributed by atoms with Crippen molar-refractivity contribution in [3.63, 3.8) is 0 Å². The standard InChI is InChI=1S/C15H11N3O4/c19-11-3-1-2-9(6-11)13-8-18(17-16-13)10-4-5-14(20)12(7-10)15(21)22/h1-8,19-20H,(H,21,22). The summed E-state index contributed by atoms with van der Waals surface area (Å²) in [5, 5.41) is 35.9. The van der Waals surface area contributed by atoms with Crippen LogP contribution in [0.3, 0.4) is 0 Å². The van der Waals surface area contributed by atoms with E-state index >= 15 is 0 Å². The van der Waals surface area contributed by atoms with Gasteiger partial charge in [0, 0.05) is 5.56 Å². The van der Waals surface area contributed by atoms with Gasteiger partial charge >= 0.3 is 5.97 Å². The second-order valence-corrected chi connectivity index (χ2v) is 4.61. The van der Waals surface area contributed by atoms with Gasteiger partial charge in [-0.15, -0.1) is 5.10 Å². The van der Waals surface area contributed by atoms with Crippen molar-refractivity contribution in [2.45, 2.75) is 0 Å². The lowest BCUT2D eigenvalue weighted by atomic mass is 10.1. The fourth-order valence-electron chi connectivity index (χ4n) is 2.03. The first kappa shape index (κ1) is 13.6. The molecule has 0 aliphatic rings. The predicted octanol–water partition coefficient (Wildman–Crippen LogP) is 2.04. The monoisotopic (exact) mass is 297 g/mol. The topological polar surface area (TPSA) is 108 Å². The van der Waals surface area contributed by atoms with E-state index in [0.717, 1.165) is 0 Å². The van der Waals surface area contributed by atoms with Crippen molar-refractivity contribution in [2.75, 3.05) is 0 Å². The zero-order valence-corrected chi connectivity index (χ0v) is 11.2. The Morgan fingerprint density at radius 1 is 1.09 bits per heavy atom. The molecule has 0 spiro atoms. The molecule has 1 heterocycles. The van der Waals surface area contributed by atoms with Gasteiger partial charge in [0.25, 0.3) is 0 Å². The number of carboxylic acid groups (broad SMARTS) is 1. The molecule has 0 aliphatic carbocycles. The van der Waals surface area contributed by atoms with Gasteiger partial charge in [0.1, 0.15) is 22.8 Å². The van der Waals surface area contributed by atoms with Gasteiger partial charge in [-0.2, -0.15) is 0 Å². The summed E-state index contributed by atoms with van der Waals surface area (Å²) in [6, 6.07) is 10.7. The molecule has 0 fully saturated rings. The van der Waals surface area contributed by atoms with Crippen LogP contribution >= 0.6 is 0 Å². The summed E-state index contributed by atoms with van der Waals surface area (Å²) >= 11 is 0. The number of nitrogens with zero attached hydrogens (tertiary/aromatic N) is 3. The Balaban J connectivity index is 2.01. The Hall–Kier alpha value is -3.35. The van der Waals surface area contributed by atoms with E-state index in [2.05, 4.69) is 10.3 Å². The summed E-state index contributed by atoms with van der Waals surface area (Å²) < 4.78 is 1.39. The van der Waals surface area contributed by atoms with Crippen molar-refractivity contribution in [3.05, 3.63) is 54.2 Å². The maximum absolute atomic E-state index is 11.0. The Morgan fingerprint density at radius 2 is 1.91 bits per heavy atom. The van der Waals surface area contributed by atoms with E-state index in [-0.39, 0.29) is 17.1 Å². The molecule has 0 bridgehead atoms. The van der Waals surface area contributed by atoms with Gasteiger partial charge in [-0.1, -0.05) is 17.3 Å². The van der Waals surface area contributed by atoms with Crippen LogP contribution in [0.5, 0.6) is 11.5 Å². The van der Waals surface area contributed by atoms with Gasteiger partial charge in [-0.05, 0) is 30.3 Å². The number of rotatable bonds is 3. The predicted molar refractivity (Wildman–Crippen MR) is 77.1 cm³/mol. The highest BCUT2D eigenvalue weighted by Gasteiger charge is 2.12. The van der Waals surface area contributed by atoms with Crippen LogP contribution in [0.25, 0.3) is 16.9 Å². The third kappa shape index (κ3) is 2.47. The highest BCUT2D eigenvalue weighted by molar-refractivity contribution is 5.91. The molecule has 0 radical (unpaired) electrons. The third-order valence-electron chi connectivity index (χ3n) is 3.11. The van der Waals surface area contributed by atoms with Crippen molar-refractivity contribution < 1.29 is 20.1 Å². The van der Waals surface area contributed by atoms with E-state index < -0.39 is 5.97 Å². The van der Waals surface area contributed by atoms with Crippen molar-refractivity contribution in [2.24, 2.45) is 0 Å². The number of carbonyl (C=O) groups is 1. The van der Waals surface area contributed by atoms with E-state index in [4.69, 9.17) is 5.11 Å². The molecule has 0 unspecified atom stereocenters. The van der Waals surface area contributed by atoms with Crippen LogP contribution in [0.15, 0.2) is 48.7 Å². The van der Waals surface area contributed by atoms with E-state index in [0.29, 0.717) is 16.9 Å². The molecule has 3 N–H and O–H groups in total. The Labute approximate surface area is 124 Å². The van der Waals surface area contributed by atoms with Crippen LogP contribution in [-0.4, -0.2) is 36.3 Å². The van der Waals surface area contributed by atoms with Gasteiger partial charge in [0.2, 0.25) is 0 Å². The van der Waals surface area contributed by atoms with Gasteiger partial charge in [-0.3, -0.25) is 0 Å². The summed E-state index contributed by atoms with van der Waals surface area (Å²) in [5.74, 6) is -1.43. The molecule has 1 aromatic heterocycles. The van der Waals surface area contributed by atoms with E-state index in [1.54, 1.807) is 30.5 Å². The molecule has 0 aliphatic heterocycles. The molecular formula is C15H11N3O4. The number of hydrogen-bond acceptors (Lipinski definition) is 5. The lowest BCUT2D eigenvalue weighted by Gasteiger charge is -2.03. The van der Waals surface area contributed by atoms with Crippen molar-refractivity contribution in [1.82, 2.24) is 15.0 Å². The lowest BCUT2D eigenvalue weighted by molar-refractivity contribution is 0.0693. The molecule has 0 amide bonds. The maximum atomic E-state index is 11.0. The maximum Gasteiger partial charge on any atom is 0.339 e. The van der Waals surface area contributed by atoms with Crippen LogP contribution in [-0.2, 0) is 0 Å². The molecule has 0 saturated carbocycles. The Morgan fingerprint density at radius 3 is 2.64 bits per heavy atom. The fourth-order valence-corrected chi connectivity index (χ4v) is 2.03. The summed E-state index contributed by atoms with van der Waals surface area (Å²) in [6.07, 6.45) is 1.60. The number of benzene rings is 2. The number of aromatic carboxylic acids is 1. The second kappa shape index (κ2) is 5.21. The average Bonchev–Trinajstić information content (AvgIpc) is 2.97. The molecule has 0 atom stereocenters. The van der Waals surface area contributed by atoms with Gasteiger partial charge < -0.3 is 15.3 Å². The van der Waals surface area contributed by atoms with Crippen LogP contribution in [0.4, 0.5) is 0 Å². The van der Waals surface area contributed by atoms with Crippen LogP contribution in [0, 0.1) is 0 Å². The highest BCUT2D eigenvalue weighted by Crippen LogP contribution is 2.24. The van der Waals surface area contributed by atoms with Gasteiger partial charge in [0.05, 0.1) is 11.9 Å². The first-order valence-electron chi connectivity index (χ1n) is 6.33. The SMILES string of the molecule is O=C(O)c1cc(-n2cc(-c3cccc(O)c3)nn2)ccc1O. The fraction of sp³-hybridized carbons (Fsp3) is 0. The number of hydrogen-bond donors (Lipinski definition) is 3. The molecular weight excluding hydrogens is 286 g/mol. The highest BCUT2D eigenvalue weighted by atomic mass is 16.4. The van der Waals surface area contributed by atoms with Crippen molar-refractivity contribution in [3.8, 4) is 28.4 Å².